The fraction of sp³-hybridized carbons (Fsp3) is 0. The number of rotatable bonds is 5. The van der Waals surface area contributed by atoms with Gasteiger partial charge in [-0.15, -0.1) is 16.4 Å². The van der Waals surface area contributed by atoms with Gasteiger partial charge in [-0.2, -0.15) is 5.46 Å². The predicted molar refractivity (Wildman–Crippen MR) is 120 cm³/mol. The van der Waals surface area contributed by atoms with E-state index in [1.807, 2.05) is 0 Å². The van der Waals surface area contributed by atoms with Crippen LogP contribution < -0.4 is 21.9 Å². The molecule has 0 fully saturated rings. The molecule has 0 bridgehead atoms. The molecule has 0 aliphatic heterocycles. The minimum atomic E-state index is -5.77. The standard InChI is InChI=1S/C26H7BF15/c1-2-7-3-5-8(6-4-7)27(9-12(28)18(34)24(40)19(35)13(9)29,10-14(30)20(36)25(41)21(37)15(10)31)11-16(32)22(38)26(42)23(39)17(11)33/h2-6H,1H2/q-1. The first kappa shape index (κ1) is 30.6. The molecule has 0 N–H and O–H groups in total. The second kappa shape index (κ2) is 10.5. The summed E-state index contributed by atoms with van der Waals surface area (Å²) in [4.78, 5) is 0. The summed E-state index contributed by atoms with van der Waals surface area (Å²) in [5, 5.41) is 0. The topological polar surface area (TPSA) is 0 Å². The van der Waals surface area contributed by atoms with Gasteiger partial charge in [-0.25, -0.2) is 65.9 Å². The smallest absolute Gasteiger partial charge is 0.200 e. The van der Waals surface area contributed by atoms with E-state index in [-0.39, 0.29) is 5.56 Å². The van der Waals surface area contributed by atoms with Crippen LogP contribution in [-0.2, 0) is 0 Å². The Morgan fingerprint density at radius 2 is 0.571 bits per heavy atom. The van der Waals surface area contributed by atoms with Gasteiger partial charge < -0.3 is 0 Å². The second-order valence-electron chi connectivity index (χ2n) is 8.69. The van der Waals surface area contributed by atoms with Crippen LogP contribution in [0.25, 0.3) is 6.08 Å². The van der Waals surface area contributed by atoms with Crippen LogP contribution in [0, 0.1) is 87.3 Å². The van der Waals surface area contributed by atoms with Crippen molar-refractivity contribution in [3.05, 3.63) is 124 Å². The zero-order chi connectivity index (χ0) is 31.6. The van der Waals surface area contributed by atoms with Gasteiger partial charge >= 0.3 is 0 Å². The summed E-state index contributed by atoms with van der Waals surface area (Å²) in [7, 11) is 0. The Morgan fingerprint density at radius 3 is 0.786 bits per heavy atom. The van der Waals surface area contributed by atoms with Crippen molar-refractivity contribution >= 4 is 34.1 Å². The van der Waals surface area contributed by atoms with Crippen LogP contribution >= 0.6 is 0 Å². The maximum absolute atomic E-state index is 15.5. The van der Waals surface area contributed by atoms with Crippen molar-refractivity contribution in [2.45, 2.75) is 0 Å². The predicted octanol–water partition coefficient (Wildman–Crippen LogP) is 5.79. The first-order valence-corrected chi connectivity index (χ1v) is 11.0. The van der Waals surface area contributed by atoms with Crippen LogP contribution in [0.2, 0.25) is 0 Å². The van der Waals surface area contributed by atoms with Gasteiger partial charge in [0.2, 0.25) is 0 Å². The summed E-state index contributed by atoms with van der Waals surface area (Å²) in [6.07, 6.45) is -4.76. The Bertz CT molecular complexity index is 1540. The molecular weight excluding hydrogens is 608 g/mol. The van der Waals surface area contributed by atoms with Crippen LogP contribution in [0.5, 0.6) is 0 Å². The maximum Gasteiger partial charge on any atom is 0.200 e. The van der Waals surface area contributed by atoms with Gasteiger partial charge in [0, 0.05) is 0 Å². The third kappa shape index (κ3) is 3.98. The van der Waals surface area contributed by atoms with Crippen molar-refractivity contribution < 1.29 is 65.9 Å². The molecule has 0 unspecified atom stereocenters. The van der Waals surface area contributed by atoms with Crippen molar-refractivity contribution in [1.29, 1.82) is 0 Å². The van der Waals surface area contributed by atoms with Crippen molar-refractivity contribution in [2.24, 2.45) is 0 Å². The fourth-order valence-electron chi connectivity index (χ4n) is 4.86. The minimum absolute atomic E-state index is 0.0318. The number of hydrogen-bond donors (Lipinski definition) is 0. The van der Waals surface area contributed by atoms with E-state index in [0.717, 1.165) is 18.2 Å². The van der Waals surface area contributed by atoms with E-state index in [1.54, 1.807) is 0 Å². The van der Waals surface area contributed by atoms with Gasteiger partial charge in [-0.3, -0.25) is 0 Å². The number of halogens is 15. The summed E-state index contributed by atoms with van der Waals surface area (Å²) >= 11 is 0. The number of hydrogen-bond acceptors (Lipinski definition) is 0. The van der Waals surface area contributed by atoms with E-state index in [9.17, 15) is 39.5 Å². The molecule has 0 amide bonds. The molecule has 0 atom stereocenters. The van der Waals surface area contributed by atoms with E-state index in [1.165, 1.54) is 0 Å². The Hall–Kier alpha value is -4.37. The van der Waals surface area contributed by atoms with E-state index < -0.39 is 115 Å². The minimum Gasteiger partial charge on any atom is -0.207 e. The average Bonchev–Trinajstić information content (AvgIpc) is 2.98. The highest BCUT2D eigenvalue weighted by atomic mass is 19.2. The van der Waals surface area contributed by atoms with Crippen LogP contribution in [0.4, 0.5) is 65.9 Å². The van der Waals surface area contributed by atoms with Gasteiger partial charge in [0.05, 0.1) is 0 Å². The van der Waals surface area contributed by atoms with Crippen molar-refractivity contribution in [2.75, 3.05) is 0 Å². The lowest BCUT2D eigenvalue weighted by Gasteiger charge is -2.44. The van der Waals surface area contributed by atoms with Gasteiger partial charge in [0.25, 0.3) is 0 Å². The zero-order valence-corrected chi connectivity index (χ0v) is 19.8. The maximum atomic E-state index is 15.5. The lowest BCUT2D eigenvalue weighted by molar-refractivity contribution is 0.380. The molecule has 0 aliphatic carbocycles. The van der Waals surface area contributed by atoms with Gasteiger partial charge in [-0.1, -0.05) is 36.9 Å². The third-order valence-electron chi connectivity index (χ3n) is 6.70. The van der Waals surface area contributed by atoms with Gasteiger partial charge in [0.15, 0.2) is 52.4 Å². The molecule has 0 aliphatic rings. The second-order valence-corrected chi connectivity index (χ2v) is 8.69. The highest BCUT2D eigenvalue weighted by Crippen LogP contribution is 2.28. The highest BCUT2D eigenvalue weighted by Gasteiger charge is 2.48. The van der Waals surface area contributed by atoms with Crippen molar-refractivity contribution in [3.8, 4) is 0 Å². The summed E-state index contributed by atoms with van der Waals surface area (Å²) in [6.45, 7) is 3.30. The molecule has 0 heterocycles. The van der Waals surface area contributed by atoms with Crippen LogP contribution in [-0.4, -0.2) is 6.15 Å². The molecule has 0 aromatic heterocycles. The molecule has 42 heavy (non-hydrogen) atoms. The van der Waals surface area contributed by atoms with E-state index in [4.69, 9.17) is 0 Å². The molecule has 0 radical (unpaired) electrons. The highest BCUT2D eigenvalue weighted by molar-refractivity contribution is 7.20. The Labute approximate surface area is 224 Å². The van der Waals surface area contributed by atoms with Crippen molar-refractivity contribution in [1.82, 2.24) is 0 Å². The van der Waals surface area contributed by atoms with Crippen LogP contribution in [0.1, 0.15) is 5.56 Å². The lowest BCUT2D eigenvalue weighted by Crippen LogP contribution is -2.79. The summed E-state index contributed by atoms with van der Waals surface area (Å²) in [5.74, 6) is -45.7. The molecule has 0 nitrogen and oxygen atoms in total. The zero-order valence-electron chi connectivity index (χ0n) is 19.8. The molecule has 4 aromatic rings. The average molecular weight is 615 g/mol. The molecule has 4 aromatic carbocycles. The van der Waals surface area contributed by atoms with Crippen LogP contribution in [0.15, 0.2) is 30.8 Å². The largest absolute Gasteiger partial charge is 0.207 e. The molecule has 0 spiro atoms. The molecule has 0 saturated carbocycles. The fourth-order valence-corrected chi connectivity index (χ4v) is 4.86. The molecule has 220 valence electrons. The third-order valence-corrected chi connectivity index (χ3v) is 6.70. The number of benzene rings is 4. The summed E-state index contributed by atoms with van der Waals surface area (Å²) < 4.78 is 222. The molecule has 16 heteroatoms. The van der Waals surface area contributed by atoms with Crippen LogP contribution in [0.3, 0.4) is 0 Å². The Morgan fingerprint density at radius 1 is 0.357 bits per heavy atom. The van der Waals surface area contributed by atoms with E-state index >= 15 is 26.3 Å². The molecular formula is C26H7BF15-. The van der Waals surface area contributed by atoms with E-state index in [2.05, 4.69) is 6.58 Å². The Kier molecular flexibility index (Phi) is 7.63. The lowest BCUT2D eigenvalue weighted by atomic mass is 9.12. The van der Waals surface area contributed by atoms with Gasteiger partial charge in [-0.05, 0) is 5.56 Å². The Balaban J connectivity index is 2.55. The van der Waals surface area contributed by atoms with Gasteiger partial charge in [0.1, 0.15) is 41.0 Å². The van der Waals surface area contributed by atoms with Crippen molar-refractivity contribution in [3.63, 3.8) is 0 Å². The first-order chi connectivity index (χ1) is 19.6. The normalized spacial score (nSPS) is 11.8. The summed E-state index contributed by atoms with van der Waals surface area (Å²) in [6, 6.07) is 2.29. The molecule has 4 rings (SSSR count). The SMILES string of the molecule is C=Cc1ccc([B-](c2c(F)c(F)c(F)c(F)c2F)(c2c(F)c(F)c(F)c(F)c2F)c2c(F)c(F)c(F)c(F)c2F)cc1. The monoisotopic (exact) mass is 615 g/mol. The first-order valence-electron chi connectivity index (χ1n) is 11.0. The molecule has 0 saturated heterocycles. The quantitative estimate of drug-likeness (QED) is 0.116. The van der Waals surface area contributed by atoms with E-state index in [0.29, 0.717) is 12.1 Å². The summed E-state index contributed by atoms with van der Waals surface area (Å²) in [5.41, 5.74) is -9.52.